The van der Waals surface area contributed by atoms with Gasteiger partial charge in [0.05, 0.1) is 12.5 Å². The quantitative estimate of drug-likeness (QED) is 0.630. The van der Waals surface area contributed by atoms with Crippen LogP contribution in [0.4, 0.5) is 0 Å². The predicted molar refractivity (Wildman–Crippen MR) is 112 cm³/mol. The highest BCUT2D eigenvalue weighted by molar-refractivity contribution is 5.93. The molecule has 30 heavy (non-hydrogen) atoms. The maximum Gasteiger partial charge on any atom is 0.252 e. The van der Waals surface area contributed by atoms with Gasteiger partial charge < -0.3 is 0 Å². The maximum atomic E-state index is 13.1. The smallest absolute Gasteiger partial charge is 0.252 e. The molecule has 1 saturated carbocycles. The summed E-state index contributed by atoms with van der Waals surface area (Å²) >= 11 is 0. The first-order valence-electron chi connectivity index (χ1n) is 11.3. The molecule has 0 aromatic heterocycles. The molecule has 150 valence electrons. The number of hydrogen-bond donors (Lipinski definition) is 0. The SMILES string of the molecule is O=C1N=CCC2C1C1=C3C=CC=C3C3C4=C5C=CN(C4)OC4CC5C3C1C2C/C=N\4. The molecule has 5 aliphatic heterocycles. The number of carbonyl (C=O) groups excluding carboxylic acids is 1. The van der Waals surface area contributed by atoms with Gasteiger partial charge in [-0.15, -0.1) is 0 Å². The largest absolute Gasteiger partial charge is 0.272 e. The summed E-state index contributed by atoms with van der Waals surface area (Å²) in [5, 5.41) is 1.99. The number of amides is 1. The van der Waals surface area contributed by atoms with E-state index in [1.165, 1.54) is 22.3 Å². The van der Waals surface area contributed by atoms with Crippen molar-refractivity contribution in [3.05, 3.63) is 58.4 Å². The Morgan fingerprint density at radius 1 is 1.10 bits per heavy atom. The van der Waals surface area contributed by atoms with E-state index in [1.54, 1.807) is 5.57 Å². The first kappa shape index (κ1) is 16.2. The van der Waals surface area contributed by atoms with Crippen LogP contribution in [-0.4, -0.2) is 36.2 Å². The number of fused-ring (bicyclic) bond motifs is 5. The Labute approximate surface area is 175 Å². The molecule has 5 heterocycles. The fraction of sp³-hybridized carbons (Fsp3) is 0.480. The summed E-state index contributed by atoms with van der Waals surface area (Å²) in [6.45, 7) is 0.835. The number of hydroxylamine groups is 2. The van der Waals surface area contributed by atoms with E-state index in [9.17, 15) is 4.79 Å². The zero-order valence-electron chi connectivity index (χ0n) is 16.6. The molecule has 0 spiro atoms. The highest BCUT2D eigenvalue weighted by atomic mass is 16.7. The third-order valence-electron chi connectivity index (χ3n) is 9.01. The van der Waals surface area contributed by atoms with Crippen LogP contribution < -0.4 is 0 Å². The lowest BCUT2D eigenvalue weighted by atomic mass is 9.61. The number of rotatable bonds is 0. The van der Waals surface area contributed by atoms with Crippen LogP contribution in [0.25, 0.3) is 0 Å². The van der Waals surface area contributed by atoms with Crippen LogP contribution in [0.3, 0.4) is 0 Å². The Morgan fingerprint density at radius 2 is 2.03 bits per heavy atom. The Balaban J connectivity index is 1.42. The minimum Gasteiger partial charge on any atom is -0.272 e. The topological polar surface area (TPSA) is 54.3 Å². The summed E-state index contributed by atoms with van der Waals surface area (Å²) in [6, 6.07) is 0. The second-order valence-electron chi connectivity index (χ2n) is 9.96. The minimum atomic E-state index is -0.107. The van der Waals surface area contributed by atoms with Crippen molar-refractivity contribution in [3.63, 3.8) is 0 Å². The summed E-state index contributed by atoms with van der Waals surface area (Å²) in [5.74, 6) is 2.70. The Bertz CT molecular complexity index is 1120. The number of carbonyl (C=O) groups is 1. The number of hydrogen-bond acceptors (Lipinski definition) is 4. The summed E-state index contributed by atoms with van der Waals surface area (Å²) in [5.41, 5.74) is 7.27. The van der Waals surface area contributed by atoms with E-state index in [1.807, 2.05) is 11.3 Å². The van der Waals surface area contributed by atoms with Crippen LogP contribution in [0.5, 0.6) is 0 Å². The molecule has 0 N–H and O–H groups in total. The van der Waals surface area contributed by atoms with Crippen molar-refractivity contribution < 1.29 is 9.63 Å². The van der Waals surface area contributed by atoms with Gasteiger partial charge in [-0.05, 0) is 76.4 Å². The number of allylic oxidation sites excluding steroid dienone is 7. The Hall–Kier alpha value is -2.53. The van der Waals surface area contributed by atoms with Gasteiger partial charge in [0.15, 0.2) is 6.23 Å². The fourth-order valence-electron chi connectivity index (χ4n) is 8.19. The van der Waals surface area contributed by atoms with Gasteiger partial charge in [-0.3, -0.25) is 14.9 Å². The molecule has 5 nitrogen and oxygen atoms in total. The summed E-state index contributed by atoms with van der Waals surface area (Å²) in [4.78, 5) is 28.5. The molecule has 5 heteroatoms. The van der Waals surface area contributed by atoms with Gasteiger partial charge in [0.2, 0.25) is 0 Å². The van der Waals surface area contributed by atoms with Crippen LogP contribution in [0.1, 0.15) is 19.3 Å². The van der Waals surface area contributed by atoms with Gasteiger partial charge >= 0.3 is 0 Å². The van der Waals surface area contributed by atoms with E-state index >= 15 is 0 Å². The number of nitrogens with zero attached hydrogens (tertiary/aromatic N) is 3. The molecule has 0 radical (unpaired) electrons. The summed E-state index contributed by atoms with van der Waals surface area (Å²) < 4.78 is 0. The average Bonchev–Trinajstić information content (AvgIpc) is 3.40. The van der Waals surface area contributed by atoms with E-state index in [-0.39, 0.29) is 18.1 Å². The highest BCUT2D eigenvalue weighted by Gasteiger charge is 2.62. The molecule has 4 aliphatic carbocycles. The van der Waals surface area contributed by atoms with Crippen LogP contribution in [0, 0.1) is 41.4 Å². The molecule has 1 fully saturated rings. The Morgan fingerprint density at radius 3 is 3.00 bits per heavy atom. The monoisotopic (exact) mass is 397 g/mol. The third kappa shape index (κ3) is 1.78. The van der Waals surface area contributed by atoms with Gasteiger partial charge in [0.1, 0.15) is 0 Å². The molecular weight excluding hydrogens is 374 g/mol. The van der Waals surface area contributed by atoms with Gasteiger partial charge in [-0.1, -0.05) is 18.2 Å². The lowest BCUT2D eigenvalue weighted by Crippen LogP contribution is -2.36. The molecule has 9 rings (SSSR count). The second kappa shape index (κ2) is 5.38. The van der Waals surface area contributed by atoms with E-state index < -0.39 is 0 Å². The molecular formula is C25H23N3O2. The van der Waals surface area contributed by atoms with Crippen molar-refractivity contribution in [2.45, 2.75) is 25.5 Å². The second-order valence-corrected chi connectivity index (χ2v) is 9.96. The first-order chi connectivity index (χ1) is 14.8. The predicted octanol–water partition coefficient (Wildman–Crippen LogP) is 3.40. The normalized spacial score (nSPS) is 47.1. The third-order valence-corrected chi connectivity index (χ3v) is 9.01. The lowest BCUT2D eigenvalue weighted by Gasteiger charge is -2.41. The van der Waals surface area contributed by atoms with Gasteiger partial charge in [0.25, 0.3) is 5.91 Å². The van der Waals surface area contributed by atoms with Gasteiger partial charge in [-0.2, -0.15) is 0 Å². The van der Waals surface area contributed by atoms with Gasteiger partial charge in [0, 0.05) is 31.0 Å². The van der Waals surface area contributed by atoms with Crippen molar-refractivity contribution >= 4 is 18.3 Å². The molecule has 1 amide bonds. The molecule has 0 aromatic rings. The van der Waals surface area contributed by atoms with E-state index in [0.29, 0.717) is 35.5 Å². The molecule has 5 bridgehead atoms. The minimum absolute atomic E-state index is 0.0394. The zero-order chi connectivity index (χ0) is 19.6. The van der Waals surface area contributed by atoms with Crippen molar-refractivity contribution in [3.8, 4) is 0 Å². The molecule has 9 aliphatic rings. The van der Waals surface area contributed by atoms with Gasteiger partial charge in [-0.25, -0.2) is 9.83 Å². The van der Waals surface area contributed by atoms with E-state index in [0.717, 1.165) is 25.8 Å². The Kier molecular flexibility index (Phi) is 2.91. The lowest BCUT2D eigenvalue weighted by molar-refractivity contribution is -0.164. The summed E-state index contributed by atoms with van der Waals surface area (Å²) in [7, 11) is 0. The standard InChI is InChI=1S/C25H23N3O2/c29-25-24-16(5-8-27-25)15-4-7-26-19-10-17-12-6-9-28(30-19)11-18(12)20-13-2-1-3-14(13)22(24)21(15)23(17)20/h1-3,6-9,15-17,19-21,23-24H,4-5,10-11H2/b26-7-. The summed E-state index contributed by atoms with van der Waals surface area (Å²) in [6.07, 6.45) is 17.8. The van der Waals surface area contributed by atoms with E-state index in [2.05, 4.69) is 41.7 Å². The van der Waals surface area contributed by atoms with Crippen LogP contribution in [0.15, 0.2) is 68.4 Å². The first-order valence-corrected chi connectivity index (χ1v) is 11.3. The van der Waals surface area contributed by atoms with Crippen LogP contribution in [0.2, 0.25) is 0 Å². The van der Waals surface area contributed by atoms with E-state index in [4.69, 9.17) is 9.83 Å². The van der Waals surface area contributed by atoms with Crippen molar-refractivity contribution in [1.29, 1.82) is 0 Å². The average molecular weight is 397 g/mol. The zero-order valence-corrected chi connectivity index (χ0v) is 16.6. The molecule has 8 unspecified atom stereocenters. The van der Waals surface area contributed by atoms with Crippen molar-refractivity contribution in [1.82, 2.24) is 5.06 Å². The van der Waals surface area contributed by atoms with Crippen LogP contribution in [-0.2, 0) is 9.63 Å². The number of aliphatic imine (C=N–C) groups is 2. The van der Waals surface area contributed by atoms with Crippen molar-refractivity contribution in [2.24, 2.45) is 51.4 Å². The highest BCUT2D eigenvalue weighted by Crippen LogP contribution is 2.67. The molecule has 0 saturated heterocycles. The molecule has 8 atom stereocenters. The van der Waals surface area contributed by atoms with Crippen molar-refractivity contribution in [2.75, 3.05) is 6.54 Å². The fourth-order valence-corrected chi connectivity index (χ4v) is 8.19. The maximum absolute atomic E-state index is 13.1. The van der Waals surface area contributed by atoms with Crippen LogP contribution >= 0.6 is 0 Å². The molecule has 0 aromatic carbocycles.